The second-order valence-corrected chi connectivity index (χ2v) is 8.08. The number of rotatable bonds is 4. The Kier molecular flexibility index (Phi) is 4.05. The molecule has 3 nitrogen and oxygen atoms in total. The normalized spacial score (nSPS) is 18.1. The van der Waals surface area contributed by atoms with Crippen molar-refractivity contribution in [2.45, 2.75) is 23.3 Å². The van der Waals surface area contributed by atoms with Gasteiger partial charge in [0.05, 0.1) is 4.90 Å². The number of nitrogens with one attached hydrogen (secondary N) is 1. The van der Waals surface area contributed by atoms with Crippen molar-refractivity contribution in [3.63, 3.8) is 0 Å². The molecule has 1 N–H and O–H groups in total. The van der Waals surface area contributed by atoms with Gasteiger partial charge in [0.1, 0.15) is 0 Å². The molecular weight excluding hydrogens is 438 g/mol. The van der Waals surface area contributed by atoms with Crippen molar-refractivity contribution in [1.82, 2.24) is 4.72 Å². The van der Waals surface area contributed by atoms with E-state index in [1.807, 2.05) is 0 Å². The second kappa shape index (κ2) is 4.92. The second-order valence-electron chi connectivity index (χ2n) is 4.09. The van der Waals surface area contributed by atoms with Crippen LogP contribution >= 0.6 is 47.8 Å². The lowest BCUT2D eigenvalue weighted by Crippen LogP contribution is -2.38. The molecule has 0 aliphatic heterocycles. The SMILES string of the molecule is O=S(=O)(NC1(CBr)CC1)c1cc(Br)ccc1Br. The average Bonchev–Trinajstić information content (AvgIpc) is 3.01. The largest absolute Gasteiger partial charge is 0.242 e. The van der Waals surface area contributed by atoms with Gasteiger partial charge in [0.2, 0.25) is 10.0 Å². The van der Waals surface area contributed by atoms with Crippen LogP contribution in [0.4, 0.5) is 0 Å². The predicted molar refractivity (Wildman–Crippen MR) is 77.9 cm³/mol. The summed E-state index contributed by atoms with van der Waals surface area (Å²) in [7, 11) is -3.48. The van der Waals surface area contributed by atoms with E-state index in [2.05, 4.69) is 52.5 Å². The van der Waals surface area contributed by atoms with E-state index in [1.165, 1.54) is 0 Å². The molecule has 0 saturated heterocycles. The van der Waals surface area contributed by atoms with Gasteiger partial charge in [0, 0.05) is 19.8 Å². The van der Waals surface area contributed by atoms with Gasteiger partial charge in [-0.2, -0.15) is 0 Å². The smallest absolute Gasteiger partial charge is 0.207 e. The molecule has 0 unspecified atom stereocenters. The van der Waals surface area contributed by atoms with E-state index in [0.29, 0.717) is 9.80 Å². The highest BCUT2D eigenvalue weighted by Crippen LogP contribution is 2.39. The fourth-order valence-electron chi connectivity index (χ4n) is 1.44. The molecule has 0 amide bonds. The monoisotopic (exact) mass is 445 g/mol. The fourth-order valence-corrected chi connectivity index (χ4v) is 5.29. The molecule has 17 heavy (non-hydrogen) atoms. The summed E-state index contributed by atoms with van der Waals surface area (Å²) in [6, 6.07) is 5.10. The minimum absolute atomic E-state index is 0.263. The van der Waals surface area contributed by atoms with Gasteiger partial charge >= 0.3 is 0 Å². The lowest BCUT2D eigenvalue weighted by atomic mass is 10.4. The van der Waals surface area contributed by atoms with Crippen molar-refractivity contribution in [3.8, 4) is 0 Å². The Hall–Kier alpha value is 0.570. The molecule has 1 saturated carbocycles. The number of hydrogen-bond donors (Lipinski definition) is 1. The van der Waals surface area contributed by atoms with Crippen LogP contribution < -0.4 is 4.72 Å². The summed E-state index contributed by atoms with van der Waals surface area (Å²) < 4.78 is 28.5. The maximum Gasteiger partial charge on any atom is 0.242 e. The first kappa shape index (κ1) is 14.0. The lowest BCUT2D eigenvalue weighted by Gasteiger charge is -2.15. The van der Waals surface area contributed by atoms with Crippen molar-refractivity contribution < 1.29 is 8.42 Å². The molecule has 0 heterocycles. The predicted octanol–water partition coefficient (Wildman–Crippen LogP) is 3.42. The molecule has 2 rings (SSSR count). The first-order chi connectivity index (χ1) is 7.88. The van der Waals surface area contributed by atoms with E-state index in [1.54, 1.807) is 18.2 Å². The van der Waals surface area contributed by atoms with Crippen LogP contribution in [-0.4, -0.2) is 19.3 Å². The van der Waals surface area contributed by atoms with Crippen molar-refractivity contribution in [1.29, 1.82) is 0 Å². The highest BCUT2D eigenvalue weighted by Gasteiger charge is 2.45. The molecule has 0 bridgehead atoms. The van der Waals surface area contributed by atoms with Crippen LogP contribution in [0.15, 0.2) is 32.0 Å². The van der Waals surface area contributed by atoms with Crippen LogP contribution in [0.2, 0.25) is 0 Å². The topological polar surface area (TPSA) is 46.2 Å². The number of sulfonamides is 1. The Bertz CT molecular complexity index is 540. The zero-order valence-corrected chi connectivity index (χ0v) is 14.3. The molecular formula is C10H10Br3NO2S. The minimum Gasteiger partial charge on any atom is -0.207 e. The van der Waals surface area contributed by atoms with Gasteiger partial charge in [-0.25, -0.2) is 13.1 Å². The molecule has 7 heteroatoms. The molecule has 1 aliphatic carbocycles. The van der Waals surface area contributed by atoms with Crippen LogP contribution in [0.1, 0.15) is 12.8 Å². The highest BCUT2D eigenvalue weighted by atomic mass is 79.9. The Labute approximate surface area is 126 Å². The number of alkyl halides is 1. The molecule has 1 aromatic rings. The molecule has 0 atom stereocenters. The maximum absolute atomic E-state index is 12.2. The Morgan fingerprint density at radius 3 is 2.47 bits per heavy atom. The summed E-state index contributed by atoms with van der Waals surface area (Å²) >= 11 is 9.89. The van der Waals surface area contributed by atoms with Gasteiger partial charge < -0.3 is 0 Å². The first-order valence-corrected chi connectivity index (χ1v) is 9.13. The number of benzene rings is 1. The Morgan fingerprint density at radius 1 is 1.29 bits per heavy atom. The lowest BCUT2D eigenvalue weighted by molar-refractivity contribution is 0.560. The van der Waals surface area contributed by atoms with Crippen LogP contribution in [-0.2, 0) is 10.0 Å². The zero-order chi connectivity index (χ0) is 12.7. The quantitative estimate of drug-likeness (QED) is 0.719. The Balaban J connectivity index is 2.35. The summed E-state index contributed by atoms with van der Waals surface area (Å²) in [5, 5.41) is 0.644. The van der Waals surface area contributed by atoms with Gasteiger partial charge in [0.15, 0.2) is 0 Å². The average molecular weight is 448 g/mol. The van der Waals surface area contributed by atoms with Crippen molar-refractivity contribution >= 4 is 57.8 Å². The summed E-state index contributed by atoms with van der Waals surface area (Å²) in [4.78, 5) is 0.263. The van der Waals surface area contributed by atoms with Gasteiger partial charge in [0.25, 0.3) is 0 Å². The molecule has 0 spiro atoms. The standard InChI is InChI=1S/C10H10Br3NO2S/c11-6-10(3-4-10)14-17(15,16)9-5-7(12)1-2-8(9)13/h1-2,5,14H,3-4,6H2. The van der Waals surface area contributed by atoms with Crippen molar-refractivity contribution in [3.05, 3.63) is 27.1 Å². The molecule has 0 aromatic heterocycles. The third-order valence-corrected chi connectivity index (χ3v) is 6.78. The summed E-state index contributed by atoms with van der Waals surface area (Å²) in [6.07, 6.45) is 1.76. The third-order valence-electron chi connectivity index (χ3n) is 2.64. The fraction of sp³-hybridized carbons (Fsp3) is 0.400. The van der Waals surface area contributed by atoms with Crippen LogP contribution in [0.5, 0.6) is 0 Å². The number of hydrogen-bond acceptors (Lipinski definition) is 2. The molecule has 1 aliphatic rings. The summed E-state index contributed by atoms with van der Waals surface area (Å²) in [6.45, 7) is 0. The maximum atomic E-state index is 12.2. The highest BCUT2D eigenvalue weighted by molar-refractivity contribution is 9.11. The van der Waals surface area contributed by atoms with Gasteiger partial charge in [-0.1, -0.05) is 31.9 Å². The van der Waals surface area contributed by atoms with Crippen LogP contribution in [0, 0.1) is 0 Å². The van der Waals surface area contributed by atoms with E-state index in [4.69, 9.17) is 0 Å². The van der Waals surface area contributed by atoms with Crippen LogP contribution in [0.3, 0.4) is 0 Å². The Morgan fingerprint density at radius 2 is 1.94 bits per heavy atom. The van der Waals surface area contributed by atoms with Crippen LogP contribution in [0.25, 0.3) is 0 Å². The van der Waals surface area contributed by atoms with Gasteiger partial charge in [-0.3, -0.25) is 0 Å². The van der Waals surface area contributed by atoms with Gasteiger partial charge in [-0.15, -0.1) is 0 Å². The van der Waals surface area contributed by atoms with Gasteiger partial charge in [-0.05, 0) is 47.0 Å². The van der Waals surface area contributed by atoms with Crippen molar-refractivity contribution in [2.75, 3.05) is 5.33 Å². The first-order valence-electron chi connectivity index (χ1n) is 4.94. The molecule has 1 fully saturated rings. The zero-order valence-electron chi connectivity index (χ0n) is 8.71. The van der Waals surface area contributed by atoms with E-state index >= 15 is 0 Å². The van der Waals surface area contributed by atoms with E-state index in [-0.39, 0.29) is 10.4 Å². The van der Waals surface area contributed by atoms with E-state index in [0.717, 1.165) is 17.3 Å². The molecule has 94 valence electrons. The van der Waals surface area contributed by atoms with Crippen molar-refractivity contribution in [2.24, 2.45) is 0 Å². The molecule has 0 radical (unpaired) electrons. The summed E-state index contributed by atoms with van der Waals surface area (Å²) in [5.41, 5.74) is -0.291. The minimum atomic E-state index is -3.48. The third kappa shape index (κ3) is 3.12. The number of halogens is 3. The van der Waals surface area contributed by atoms with E-state index in [9.17, 15) is 8.42 Å². The molecule has 1 aromatic carbocycles. The summed E-state index contributed by atoms with van der Waals surface area (Å²) in [5.74, 6) is 0. The van der Waals surface area contributed by atoms with E-state index < -0.39 is 10.0 Å².